The molecule has 2 unspecified atom stereocenters. The monoisotopic (exact) mass is 263 g/mol. The number of carbonyl (C=O) groups is 1. The Balaban J connectivity index is 1.80. The SMILES string of the molecule is O=C(Cc1ccccc1O)NCC1CCCCC1O. The molecule has 2 rings (SSSR count). The Labute approximate surface area is 113 Å². The molecule has 1 amide bonds. The Hall–Kier alpha value is -1.55. The fourth-order valence-electron chi connectivity index (χ4n) is 2.57. The van der Waals surface area contributed by atoms with Gasteiger partial charge < -0.3 is 15.5 Å². The zero-order valence-electron chi connectivity index (χ0n) is 11.0. The number of aliphatic hydroxyl groups excluding tert-OH is 1. The molecule has 0 bridgehead atoms. The standard InChI is InChI=1S/C15H21NO3/c17-13-7-3-1-5-11(13)9-15(19)16-10-12-6-2-4-8-14(12)18/h1,3,5,7,12,14,17-18H,2,4,6,8-10H2,(H,16,19). The van der Waals surface area contributed by atoms with Crippen LogP contribution in [0.5, 0.6) is 5.75 Å². The summed E-state index contributed by atoms with van der Waals surface area (Å²) < 4.78 is 0. The lowest BCUT2D eigenvalue weighted by atomic mass is 9.86. The summed E-state index contributed by atoms with van der Waals surface area (Å²) in [5.41, 5.74) is 0.629. The number of amides is 1. The van der Waals surface area contributed by atoms with Crippen LogP contribution in [0.4, 0.5) is 0 Å². The van der Waals surface area contributed by atoms with Gasteiger partial charge in [-0.25, -0.2) is 0 Å². The normalized spacial score (nSPS) is 23.0. The number of aliphatic hydroxyl groups is 1. The molecule has 1 fully saturated rings. The summed E-state index contributed by atoms with van der Waals surface area (Å²) in [6.07, 6.45) is 3.88. The fourth-order valence-corrected chi connectivity index (χ4v) is 2.57. The number of carbonyl (C=O) groups excluding carboxylic acids is 1. The first-order valence-electron chi connectivity index (χ1n) is 6.88. The highest BCUT2D eigenvalue weighted by Gasteiger charge is 2.23. The molecule has 0 heterocycles. The summed E-state index contributed by atoms with van der Waals surface area (Å²) >= 11 is 0. The Kier molecular flexibility index (Phi) is 4.80. The molecule has 0 radical (unpaired) electrons. The van der Waals surface area contributed by atoms with Gasteiger partial charge in [0, 0.05) is 18.0 Å². The molecule has 2 atom stereocenters. The third-order valence-electron chi connectivity index (χ3n) is 3.77. The summed E-state index contributed by atoms with van der Waals surface area (Å²) in [5, 5.41) is 22.3. The van der Waals surface area contributed by atoms with Crippen molar-refractivity contribution in [1.82, 2.24) is 5.32 Å². The van der Waals surface area contributed by atoms with Crippen molar-refractivity contribution < 1.29 is 15.0 Å². The molecule has 3 N–H and O–H groups in total. The zero-order valence-corrected chi connectivity index (χ0v) is 11.0. The largest absolute Gasteiger partial charge is 0.508 e. The lowest BCUT2D eigenvalue weighted by molar-refractivity contribution is -0.120. The smallest absolute Gasteiger partial charge is 0.224 e. The average molecular weight is 263 g/mol. The minimum absolute atomic E-state index is 0.112. The van der Waals surface area contributed by atoms with E-state index in [2.05, 4.69) is 5.32 Å². The number of rotatable bonds is 4. The van der Waals surface area contributed by atoms with Gasteiger partial charge in [-0.3, -0.25) is 4.79 Å². The van der Waals surface area contributed by atoms with Gasteiger partial charge in [0.1, 0.15) is 5.75 Å². The fraction of sp³-hybridized carbons (Fsp3) is 0.533. The summed E-state index contributed by atoms with van der Waals surface area (Å²) in [7, 11) is 0. The number of phenolic OH excluding ortho intramolecular Hbond substituents is 1. The van der Waals surface area contributed by atoms with Crippen LogP contribution >= 0.6 is 0 Å². The molecule has 0 aliphatic heterocycles. The van der Waals surface area contributed by atoms with Crippen molar-refractivity contribution in [2.24, 2.45) is 5.92 Å². The Morgan fingerprint density at radius 2 is 2.00 bits per heavy atom. The molecule has 1 aliphatic rings. The van der Waals surface area contributed by atoms with Crippen LogP contribution < -0.4 is 5.32 Å². The topological polar surface area (TPSA) is 69.6 Å². The second-order valence-corrected chi connectivity index (χ2v) is 5.22. The van der Waals surface area contributed by atoms with Crippen molar-refractivity contribution in [3.8, 4) is 5.75 Å². The van der Waals surface area contributed by atoms with Crippen molar-refractivity contribution in [2.75, 3.05) is 6.54 Å². The van der Waals surface area contributed by atoms with E-state index in [1.165, 1.54) is 0 Å². The van der Waals surface area contributed by atoms with Crippen LogP contribution in [0, 0.1) is 5.92 Å². The van der Waals surface area contributed by atoms with Crippen LogP contribution in [0.2, 0.25) is 0 Å². The zero-order chi connectivity index (χ0) is 13.7. The van der Waals surface area contributed by atoms with E-state index in [1.54, 1.807) is 24.3 Å². The molecule has 1 saturated carbocycles. The molecule has 4 heteroatoms. The van der Waals surface area contributed by atoms with Crippen molar-refractivity contribution in [3.63, 3.8) is 0 Å². The molecule has 4 nitrogen and oxygen atoms in total. The van der Waals surface area contributed by atoms with Crippen LogP contribution in [0.3, 0.4) is 0 Å². The molecule has 0 spiro atoms. The van der Waals surface area contributed by atoms with Crippen molar-refractivity contribution in [1.29, 1.82) is 0 Å². The molecule has 1 aromatic carbocycles. The van der Waals surface area contributed by atoms with Crippen LogP contribution in [0.25, 0.3) is 0 Å². The molecule has 1 aromatic rings. The number of hydrogen-bond acceptors (Lipinski definition) is 3. The molecular formula is C15H21NO3. The maximum atomic E-state index is 11.8. The minimum Gasteiger partial charge on any atom is -0.508 e. The first kappa shape index (κ1) is 13.9. The van der Waals surface area contributed by atoms with E-state index in [1.807, 2.05) is 0 Å². The van der Waals surface area contributed by atoms with Crippen LogP contribution in [0.1, 0.15) is 31.2 Å². The summed E-state index contributed by atoms with van der Waals surface area (Å²) in [6.45, 7) is 0.521. The third-order valence-corrected chi connectivity index (χ3v) is 3.77. The number of nitrogens with one attached hydrogen (secondary N) is 1. The van der Waals surface area contributed by atoms with Gasteiger partial charge in [0.25, 0.3) is 0 Å². The summed E-state index contributed by atoms with van der Waals surface area (Å²) in [6, 6.07) is 6.85. The second kappa shape index (κ2) is 6.57. The number of phenols is 1. The van der Waals surface area contributed by atoms with Gasteiger partial charge in [-0.05, 0) is 18.9 Å². The van der Waals surface area contributed by atoms with E-state index in [0.717, 1.165) is 25.7 Å². The molecule has 1 aliphatic carbocycles. The lowest BCUT2D eigenvalue weighted by Gasteiger charge is -2.27. The van der Waals surface area contributed by atoms with Crippen molar-refractivity contribution >= 4 is 5.91 Å². The Morgan fingerprint density at radius 1 is 1.26 bits per heavy atom. The molecule has 0 saturated heterocycles. The van der Waals surface area contributed by atoms with E-state index < -0.39 is 0 Å². The van der Waals surface area contributed by atoms with E-state index >= 15 is 0 Å². The average Bonchev–Trinajstić information content (AvgIpc) is 2.40. The molecule has 19 heavy (non-hydrogen) atoms. The van der Waals surface area contributed by atoms with Crippen molar-refractivity contribution in [3.05, 3.63) is 29.8 Å². The quantitative estimate of drug-likeness (QED) is 0.773. The van der Waals surface area contributed by atoms with Crippen LogP contribution in [-0.2, 0) is 11.2 Å². The predicted octanol–water partition coefficient (Wildman–Crippen LogP) is 1.60. The van der Waals surface area contributed by atoms with Gasteiger partial charge in [0.2, 0.25) is 5.91 Å². The lowest BCUT2D eigenvalue weighted by Crippen LogP contribution is -2.37. The van der Waals surface area contributed by atoms with Crippen molar-refractivity contribution in [2.45, 2.75) is 38.2 Å². The van der Waals surface area contributed by atoms with Crippen LogP contribution in [0.15, 0.2) is 24.3 Å². The highest BCUT2D eigenvalue weighted by molar-refractivity contribution is 5.79. The number of aromatic hydroxyl groups is 1. The number of benzene rings is 1. The van der Waals surface area contributed by atoms with Gasteiger partial charge in [-0.2, -0.15) is 0 Å². The number of para-hydroxylation sites is 1. The highest BCUT2D eigenvalue weighted by atomic mass is 16.3. The molecule has 104 valence electrons. The van der Waals surface area contributed by atoms with E-state index in [9.17, 15) is 15.0 Å². The van der Waals surface area contributed by atoms with Gasteiger partial charge >= 0.3 is 0 Å². The summed E-state index contributed by atoms with van der Waals surface area (Å²) in [4.78, 5) is 11.8. The Morgan fingerprint density at radius 3 is 2.74 bits per heavy atom. The van der Waals surface area contributed by atoms with Gasteiger partial charge in [-0.15, -0.1) is 0 Å². The predicted molar refractivity (Wildman–Crippen MR) is 72.8 cm³/mol. The Bertz CT molecular complexity index is 433. The highest BCUT2D eigenvalue weighted by Crippen LogP contribution is 2.23. The maximum Gasteiger partial charge on any atom is 0.224 e. The first-order valence-corrected chi connectivity index (χ1v) is 6.88. The number of hydrogen-bond donors (Lipinski definition) is 3. The van der Waals surface area contributed by atoms with Gasteiger partial charge in [0.05, 0.1) is 12.5 Å². The summed E-state index contributed by atoms with van der Waals surface area (Å²) in [5.74, 6) is 0.205. The first-order chi connectivity index (χ1) is 9.16. The maximum absolute atomic E-state index is 11.8. The third kappa shape index (κ3) is 3.96. The van der Waals surface area contributed by atoms with E-state index in [0.29, 0.717) is 12.1 Å². The molecule has 0 aromatic heterocycles. The van der Waals surface area contributed by atoms with Crippen LogP contribution in [-0.4, -0.2) is 28.8 Å². The second-order valence-electron chi connectivity index (χ2n) is 5.22. The van der Waals surface area contributed by atoms with Gasteiger partial charge in [0.15, 0.2) is 0 Å². The van der Waals surface area contributed by atoms with Gasteiger partial charge in [-0.1, -0.05) is 31.0 Å². The van der Waals surface area contributed by atoms with E-state index in [4.69, 9.17) is 0 Å². The molecular weight excluding hydrogens is 242 g/mol. The minimum atomic E-state index is -0.292. The van der Waals surface area contributed by atoms with E-state index in [-0.39, 0.29) is 30.1 Å².